The van der Waals surface area contributed by atoms with E-state index in [9.17, 15) is 0 Å². The van der Waals surface area contributed by atoms with Gasteiger partial charge in [-0.2, -0.15) is 0 Å². The molecule has 0 saturated heterocycles. The average molecular weight is 767 g/mol. The fourth-order valence-corrected chi connectivity index (χ4v) is 10.9. The van der Waals surface area contributed by atoms with E-state index in [2.05, 4.69) is 242 Å². The van der Waals surface area contributed by atoms with Crippen LogP contribution in [0, 0.1) is 0 Å². The Morgan fingerprint density at radius 2 is 0.733 bits per heavy atom. The highest BCUT2D eigenvalue weighted by Crippen LogP contribution is 2.64. The minimum Gasteiger partial charge on any atom is -0.310 e. The third-order valence-corrected chi connectivity index (χ3v) is 13.4. The monoisotopic (exact) mass is 766 g/mol. The number of hydrogen-bond donors (Lipinski definition) is 0. The molecule has 0 aromatic heterocycles. The normalized spacial score (nSPS) is 15.7. The molecular formula is C58H42N2. The van der Waals surface area contributed by atoms with Crippen molar-refractivity contribution in [2.45, 2.75) is 24.7 Å². The van der Waals surface area contributed by atoms with E-state index in [0.717, 1.165) is 28.4 Å². The Balaban J connectivity index is 1.10. The Bertz CT molecular complexity index is 3090. The number of rotatable bonds is 6. The number of nitrogens with zero attached hydrogens (tertiary/aromatic N) is 2. The van der Waals surface area contributed by atoms with Gasteiger partial charge in [-0.25, -0.2) is 0 Å². The molecule has 0 radical (unpaired) electrons. The summed E-state index contributed by atoms with van der Waals surface area (Å²) in [6, 6.07) is 80.8. The molecule has 0 saturated carbocycles. The van der Waals surface area contributed by atoms with E-state index in [-0.39, 0.29) is 5.41 Å². The van der Waals surface area contributed by atoms with Crippen LogP contribution in [0.15, 0.2) is 218 Å². The highest BCUT2D eigenvalue weighted by Gasteiger charge is 2.52. The van der Waals surface area contributed by atoms with Gasteiger partial charge in [0.1, 0.15) is 0 Å². The molecule has 12 rings (SSSR count). The molecule has 0 fully saturated rings. The van der Waals surface area contributed by atoms with Crippen molar-refractivity contribution in [2.24, 2.45) is 0 Å². The topological polar surface area (TPSA) is 6.48 Å². The summed E-state index contributed by atoms with van der Waals surface area (Å²) in [5, 5.41) is 0. The van der Waals surface area contributed by atoms with E-state index in [0.29, 0.717) is 0 Å². The van der Waals surface area contributed by atoms with Gasteiger partial charge in [-0.15, -0.1) is 0 Å². The van der Waals surface area contributed by atoms with Gasteiger partial charge in [0.05, 0.1) is 11.1 Å². The Labute approximate surface area is 352 Å². The van der Waals surface area contributed by atoms with Crippen molar-refractivity contribution < 1.29 is 0 Å². The number of benzene rings is 9. The van der Waals surface area contributed by atoms with Crippen molar-refractivity contribution in [3.63, 3.8) is 0 Å². The fourth-order valence-electron chi connectivity index (χ4n) is 10.9. The van der Waals surface area contributed by atoms with Crippen molar-refractivity contribution in [3.8, 4) is 33.4 Å². The summed E-state index contributed by atoms with van der Waals surface area (Å²) in [5.74, 6) is 0. The minimum absolute atomic E-state index is 0.105. The minimum atomic E-state index is -0.500. The molecule has 0 heterocycles. The smallest absolute Gasteiger partial charge is 0.0726 e. The van der Waals surface area contributed by atoms with E-state index in [1.165, 1.54) is 72.4 Å². The standard InChI is InChI=1S/C58H42N2/c1-57(2)49-28-15-14-27-47(49)56-53(57)31-18-32-55(56)60(41-23-10-5-11-24-41)42-34-36-52-48(37-42)45-26-13-17-30-51(45)58(52)50-29-16-12-25-44(50)46-35-33-43(38-54(46)58)59(39-19-6-3-7-20-39)40-21-8-4-9-22-40/h3-38H,1-2H3. The maximum atomic E-state index is 2.48. The first-order valence-electron chi connectivity index (χ1n) is 21.0. The first-order valence-corrected chi connectivity index (χ1v) is 21.0. The molecule has 1 spiro atoms. The summed E-state index contributed by atoms with van der Waals surface area (Å²) >= 11 is 0. The summed E-state index contributed by atoms with van der Waals surface area (Å²) in [4.78, 5) is 4.87. The number of anilines is 6. The van der Waals surface area contributed by atoms with Crippen molar-refractivity contribution in [2.75, 3.05) is 9.80 Å². The van der Waals surface area contributed by atoms with Gasteiger partial charge in [0.15, 0.2) is 0 Å². The molecule has 0 bridgehead atoms. The predicted octanol–water partition coefficient (Wildman–Crippen LogP) is 15.3. The van der Waals surface area contributed by atoms with E-state index in [1.807, 2.05) is 0 Å². The fraction of sp³-hybridized carbons (Fsp3) is 0.0690. The van der Waals surface area contributed by atoms with Crippen LogP contribution in [0.2, 0.25) is 0 Å². The molecule has 60 heavy (non-hydrogen) atoms. The van der Waals surface area contributed by atoms with Gasteiger partial charge in [-0.3, -0.25) is 0 Å². The average Bonchev–Trinajstić information content (AvgIpc) is 3.86. The second kappa shape index (κ2) is 13.0. The Hall–Kier alpha value is -7.42. The summed E-state index contributed by atoms with van der Waals surface area (Å²) in [6.07, 6.45) is 0. The van der Waals surface area contributed by atoms with Crippen molar-refractivity contribution in [1.29, 1.82) is 0 Å². The number of hydrogen-bond acceptors (Lipinski definition) is 2. The molecule has 3 aliphatic carbocycles. The molecule has 9 aromatic carbocycles. The second-order valence-electron chi connectivity index (χ2n) is 16.8. The summed E-state index contributed by atoms with van der Waals surface area (Å²) < 4.78 is 0. The van der Waals surface area contributed by atoms with Crippen LogP contribution >= 0.6 is 0 Å². The second-order valence-corrected chi connectivity index (χ2v) is 16.8. The molecule has 0 amide bonds. The Morgan fingerprint density at radius 1 is 0.283 bits per heavy atom. The van der Waals surface area contributed by atoms with Crippen LogP contribution in [-0.4, -0.2) is 0 Å². The van der Waals surface area contributed by atoms with E-state index in [1.54, 1.807) is 0 Å². The Kier molecular flexibility index (Phi) is 7.52. The molecule has 0 aliphatic heterocycles. The van der Waals surface area contributed by atoms with E-state index in [4.69, 9.17) is 0 Å². The molecule has 284 valence electrons. The van der Waals surface area contributed by atoms with E-state index < -0.39 is 5.41 Å². The van der Waals surface area contributed by atoms with Gasteiger partial charge >= 0.3 is 0 Å². The first-order chi connectivity index (χ1) is 29.5. The zero-order chi connectivity index (χ0) is 40.0. The quantitative estimate of drug-likeness (QED) is 0.166. The number of para-hydroxylation sites is 3. The largest absolute Gasteiger partial charge is 0.310 e. The van der Waals surface area contributed by atoms with Crippen molar-refractivity contribution >= 4 is 34.1 Å². The summed E-state index contributed by atoms with van der Waals surface area (Å²) in [7, 11) is 0. The highest BCUT2D eigenvalue weighted by molar-refractivity contribution is 5.99. The van der Waals surface area contributed by atoms with Crippen LogP contribution in [-0.2, 0) is 10.8 Å². The lowest BCUT2D eigenvalue weighted by molar-refractivity contribution is 0.660. The van der Waals surface area contributed by atoms with Crippen LogP contribution in [0.1, 0.15) is 47.2 Å². The van der Waals surface area contributed by atoms with Crippen LogP contribution in [0.4, 0.5) is 34.1 Å². The summed E-state index contributed by atoms with van der Waals surface area (Å²) in [5.41, 5.74) is 22.1. The van der Waals surface area contributed by atoms with Crippen molar-refractivity contribution in [3.05, 3.63) is 252 Å². The molecule has 2 nitrogen and oxygen atoms in total. The van der Waals surface area contributed by atoms with Crippen LogP contribution in [0.25, 0.3) is 33.4 Å². The highest BCUT2D eigenvalue weighted by atomic mass is 15.1. The molecule has 1 unspecified atom stereocenters. The zero-order valence-electron chi connectivity index (χ0n) is 33.7. The van der Waals surface area contributed by atoms with Gasteiger partial charge in [0.2, 0.25) is 0 Å². The van der Waals surface area contributed by atoms with Gasteiger partial charge < -0.3 is 9.80 Å². The van der Waals surface area contributed by atoms with Gasteiger partial charge in [0.25, 0.3) is 0 Å². The number of fused-ring (bicyclic) bond motifs is 13. The first kappa shape index (κ1) is 34.6. The molecule has 9 aromatic rings. The lowest BCUT2D eigenvalue weighted by Gasteiger charge is -2.33. The maximum absolute atomic E-state index is 2.48. The van der Waals surface area contributed by atoms with E-state index >= 15 is 0 Å². The van der Waals surface area contributed by atoms with Gasteiger partial charge in [-0.1, -0.05) is 166 Å². The SMILES string of the molecule is CC1(C)c2ccccc2-c2c(N(c3ccccc3)c3ccc4c(c3)-c3ccccc3C43c4ccccc4-c4ccc(N(c5ccccc5)c5ccccc5)cc43)cccc21. The molecule has 3 aliphatic rings. The maximum Gasteiger partial charge on any atom is 0.0726 e. The van der Waals surface area contributed by atoms with Crippen LogP contribution in [0.3, 0.4) is 0 Å². The molecule has 1 atom stereocenters. The lowest BCUT2D eigenvalue weighted by atomic mass is 9.70. The zero-order valence-corrected chi connectivity index (χ0v) is 33.7. The van der Waals surface area contributed by atoms with Gasteiger partial charge in [0, 0.05) is 39.4 Å². The lowest BCUT2D eigenvalue weighted by Crippen LogP contribution is -2.26. The van der Waals surface area contributed by atoms with Crippen LogP contribution in [0.5, 0.6) is 0 Å². The molecule has 2 heteroatoms. The molecular weight excluding hydrogens is 725 g/mol. The third-order valence-electron chi connectivity index (χ3n) is 13.4. The Morgan fingerprint density at radius 3 is 1.37 bits per heavy atom. The predicted molar refractivity (Wildman–Crippen MR) is 250 cm³/mol. The van der Waals surface area contributed by atoms with Gasteiger partial charge in [-0.05, 0) is 128 Å². The van der Waals surface area contributed by atoms with Crippen LogP contribution < -0.4 is 9.80 Å². The third kappa shape index (κ3) is 4.76. The van der Waals surface area contributed by atoms with Crippen molar-refractivity contribution in [1.82, 2.24) is 0 Å². The molecule has 0 N–H and O–H groups in total. The summed E-state index contributed by atoms with van der Waals surface area (Å²) in [6.45, 7) is 4.73.